The van der Waals surface area contributed by atoms with Gasteiger partial charge in [-0.25, -0.2) is 4.98 Å². The van der Waals surface area contributed by atoms with E-state index >= 15 is 0 Å². The number of benzene rings is 1. The minimum absolute atomic E-state index is 0.0432. The average Bonchev–Trinajstić information content (AvgIpc) is 3.16. The van der Waals surface area contributed by atoms with Gasteiger partial charge in [-0.2, -0.15) is 0 Å². The zero-order valence-electron chi connectivity index (χ0n) is 13.9. The van der Waals surface area contributed by atoms with E-state index in [0.717, 1.165) is 48.2 Å². The lowest BCUT2D eigenvalue weighted by Crippen LogP contribution is -2.37. The fourth-order valence-corrected chi connectivity index (χ4v) is 3.34. The number of hydrogen-bond acceptors (Lipinski definition) is 5. The highest BCUT2D eigenvalue weighted by molar-refractivity contribution is 5.83. The number of anilines is 1. The van der Waals surface area contributed by atoms with Crippen LogP contribution in [0.25, 0.3) is 10.9 Å². The van der Waals surface area contributed by atoms with Crippen LogP contribution in [0.2, 0.25) is 0 Å². The first-order chi connectivity index (χ1) is 12.3. The number of H-pyrrole nitrogens is 1. The highest BCUT2D eigenvalue weighted by Gasteiger charge is 2.27. The number of esters is 1. The Labute approximate surface area is 145 Å². The quantitative estimate of drug-likeness (QED) is 0.742. The summed E-state index contributed by atoms with van der Waals surface area (Å²) >= 11 is 0. The van der Waals surface area contributed by atoms with Crippen molar-refractivity contribution in [2.75, 3.05) is 18.0 Å². The van der Waals surface area contributed by atoms with Crippen LogP contribution in [0.4, 0.5) is 5.82 Å². The van der Waals surface area contributed by atoms with Crippen LogP contribution in [0.1, 0.15) is 18.4 Å². The Balaban J connectivity index is 1.33. The van der Waals surface area contributed by atoms with Gasteiger partial charge >= 0.3 is 5.97 Å². The number of nitrogens with one attached hydrogen (secondary N) is 1. The van der Waals surface area contributed by atoms with E-state index in [9.17, 15) is 4.79 Å². The van der Waals surface area contributed by atoms with Crippen molar-refractivity contribution < 1.29 is 9.53 Å². The number of aromatic amines is 1. The van der Waals surface area contributed by atoms with Gasteiger partial charge < -0.3 is 14.6 Å². The molecule has 0 bridgehead atoms. The molecule has 4 rings (SSSR count). The normalized spacial score (nSPS) is 15.4. The predicted octanol–water partition coefficient (Wildman–Crippen LogP) is 2.92. The molecule has 0 atom stereocenters. The van der Waals surface area contributed by atoms with Crippen LogP contribution in [0.3, 0.4) is 0 Å². The minimum atomic E-state index is -0.105. The molecule has 1 saturated heterocycles. The molecule has 1 fully saturated rings. The van der Waals surface area contributed by atoms with E-state index < -0.39 is 0 Å². The molecule has 1 aliphatic heterocycles. The van der Waals surface area contributed by atoms with Crippen LogP contribution in [-0.4, -0.2) is 34.0 Å². The van der Waals surface area contributed by atoms with E-state index in [1.54, 1.807) is 18.6 Å². The Bertz CT molecular complexity index is 854. The molecule has 0 amide bonds. The van der Waals surface area contributed by atoms with E-state index in [1.807, 2.05) is 30.5 Å². The molecule has 3 aromatic rings. The van der Waals surface area contributed by atoms with E-state index in [1.165, 1.54) is 0 Å². The second-order valence-electron chi connectivity index (χ2n) is 6.29. The van der Waals surface area contributed by atoms with E-state index in [-0.39, 0.29) is 11.9 Å². The third-order valence-electron chi connectivity index (χ3n) is 4.76. The Kier molecular flexibility index (Phi) is 4.33. The first-order valence-electron chi connectivity index (χ1n) is 8.54. The summed E-state index contributed by atoms with van der Waals surface area (Å²) in [7, 11) is 0. The maximum absolute atomic E-state index is 12.4. The summed E-state index contributed by atoms with van der Waals surface area (Å²) in [6, 6.07) is 8.00. The highest BCUT2D eigenvalue weighted by atomic mass is 16.5. The van der Waals surface area contributed by atoms with Crippen LogP contribution in [0.15, 0.2) is 49.1 Å². The largest absolute Gasteiger partial charge is 0.461 e. The van der Waals surface area contributed by atoms with Gasteiger partial charge in [0.15, 0.2) is 0 Å². The second kappa shape index (κ2) is 6.93. The second-order valence-corrected chi connectivity index (χ2v) is 6.29. The fourth-order valence-electron chi connectivity index (χ4n) is 3.34. The number of fused-ring (bicyclic) bond motifs is 1. The summed E-state index contributed by atoms with van der Waals surface area (Å²) in [5.74, 6) is 0.720. The molecule has 6 heteroatoms. The molecular weight excluding hydrogens is 316 g/mol. The number of rotatable bonds is 4. The first kappa shape index (κ1) is 15.6. The Morgan fingerprint density at radius 3 is 2.92 bits per heavy atom. The number of carbonyl (C=O) groups excluding carboxylic acids is 1. The zero-order valence-corrected chi connectivity index (χ0v) is 13.9. The smallest absolute Gasteiger partial charge is 0.309 e. The van der Waals surface area contributed by atoms with Gasteiger partial charge in [0.2, 0.25) is 0 Å². The number of carbonyl (C=O) groups is 1. The van der Waals surface area contributed by atoms with Crippen LogP contribution in [0, 0.1) is 5.92 Å². The monoisotopic (exact) mass is 336 g/mol. The van der Waals surface area contributed by atoms with Gasteiger partial charge in [0, 0.05) is 42.6 Å². The molecule has 25 heavy (non-hydrogen) atoms. The summed E-state index contributed by atoms with van der Waals surface area (Å²) in [6.07, 6.45) is 8.58. The number of piperidine rings is 1. The van der Waals surface area contributed by atoms with Gasteiger partial charge in [0.25, 0.3) is 0 Å². The van der Waals surface area contributed by atoms with Crippen LogP contribution < -0.4 is 4.90 Å². The standard InChI is InChI=1S/C19H20N4O2/c24-19(25-13-15-2-1-3-17-16(15)4-7-21-17)14-5-10-23(11-6-14)18-12-20-8-9-22-18/h1-4,7-9,12,14,21H,5-6,10-11,13H2. The summed E-state index contributed by atoms with van der Waals surface area (Å²) in [4.78, 5) is 26.2. The summed E-state index contributed by atoms with van der Waals surface area (Å²) in [5.41, 5.74) is 2.09. The van der Waals surface area contributed by atoms with Crippen molar-refractivity contribution in [1.82, 2.24) is 15.0 Å². The van der Waals surface area contributed by atoms with Gasteiger partial charge in [-0.05, 0) is 30.5 Å². The van der Waals surface area contributed by atoms with Crippen molar-refractivity contribution in [3.63, 3.8) is 0 Å². The number of ether oxygens (including phenoxy) is 1. The van der Waals surface area contributed by atoms with Crippen molar-refractivity contribution in [3.8, 4) is 0 Å². The maximum atomic E-state index is 12.4. The SMILES string of the molecule is O=C(OCc1cccc2[nH]ccc12)C1CCN(c2cnccn2)CC1. The lowest BCUT2D eigenvalue weighted by atomic mass is 9.97. The predicted molar refractivity (Wildman–Crippen MR) is 95.1 cm³/mol. The molecule has 128 valence electrons. The third-order valence-corrected chi connectivity index (χ3v) is 4.76. The molecule has 3 heterocycles. The molecule has 0 aliphatic carbocycles. The van der Waals surface area contributed by atoms with E-state index in [2.05, 4.69) is 19.9 Å². The van der Waals surface area contributed by atoms with Crippen molar-refractivity contribution in [2.24, 2.45) is 5.92 Å². The van der Waals surface area contributed by atoms with Gasteiger partial charge in [-0.15, -0.1) is 0 Å². The maximum Gasteiger partial charge on any atom is 0.309 e. The van der Waals surface area contributed by atoms with E-state index in [0.29, 0.717) is 6.61 Å². The van der Waals surface area contributed by atoms with Gasteiger partial charge in [-0.3, -0.25) is 9.78 Å². The Morgan fingerprint density at radius 2 is 2.12 bits per heavy atom. The molecule has 0 radical (unpaired) electrons. The summed E-state index contributed by atoms with van der Waals surface area (Å²) in [5, 5.41) is 1.10. The third kappa shape index (κ3) is 3.33. The molecule has 1 aliphatic rings. The molecule has 1 N–H and O–H groups in total. The lowest BCUT2D eigenvalue weighted by molar-refractivity contribution is -0.150. The van der Waals surface area contributed by atoms with Crippen LogP contribution in [-0.2, 0) is 16.1 Å². The van der Waals surface area contributed by atoms with Crippen molar-refractivity contribution in [2.45, 2.75) is 19.4 Å². The van der Waals surface area contributed by atoms with E-state index in [4.69, 9.17) is 4.74 Å². The van der Waals surface area contributed by atoms with Crippen LogP contribution >= 0.6 is 0 Å². The van der Waals surface area contributed by atoms with Gasteiger partial charge in [0.1, 0.15) is 12.4 Å². The molecular formula is C19H20N4O2. The number of hydrogen-bond donors (Lipinski definition) is 1. The Hall–Kier alpha value is -2.89. The summed E-state index contributed by atoms with van der Waals surface area (Å²) < 4.78 is 5.59. The summed E-state index contributed by atoms with van der Waals surface area (Å²) in [6.45, 7) is 1.91. The first-order valence-corrected chi connectivity index (χ1v) is 8.54. The van der Waals surface area contributed by atoms with Crippen molar-refractivity contribution in [3.05, 3.63) is 54.6 Å². The number of aromatic nitrogens is 3. The van der Waals surface area contributed by atoms with Crippen molar-refractivity contribution in [1.29, 1.82) is 0 Å². The number of nitrogens with zero attached hydrogens (tertiary/aromatic N) is 3. The van der Waals surface area contributed by atoms with Crippen molar-refractivity contribution >= 4 is 22.7 Å². The topological polar surface area (TPSA) is 71.1 Å². The average molecular weight is 336 g/mol. The molecule has 0 saturated carbocycles. The minimum Gasteiger partial charge on any atom is -0.461 e. The Morgan fingerprint density at radius 1 is 1.24 bits per heavy atom. The lowest BCUT2D eigenvalue weighted by Gasteiger charge is -2.31. The zero-order chi connectivity index (χ0) is 17.1. The molecule has 6 nitrogen and oxygen atoms in total. The molecule has 0 unspecified atom stereocenters. The van der Waals surface area contributed by atoms with Crippen LogP contribution in [0.5, 0.6) is 0 Å². The fraction of sp³-hybridized carbons (Fsp3) is 0.316. The molecule has 0 spiro atoms. The molecule has 2 aromatic heterocycles. The van der Waals surface area contributed by atoms with Gasteiger partial charge in [0.05, 0.1) is 12.1 Å². The molecule has 1 aromatic carbocycles. The highest BCUT2D eigenvalue weighted by Crippen LogP contribution is 2.23. The van der Waals surface area contributed by atoms with Gasteiger partial charge in [-0.1, -0.05) is 12.1 Å².